The lowest BCUT2D eigenvalue weighted by molar-refractivity contribution is 0.178. The smallest absolute Gasteiger partial charge is 0.139 e. The van der Waals surface area contributed by atoms with Crippen molar-refractivity contribution in [3.05, 3.63) is 24.6 Å². The Balaban J connectivity index is 1.70. The molecule has 0 radical (unpaired) electrons. The number of pyridine rings is 1. The molecule has 90 valence electrons. The number of anilines is 1. The highest BCUT2D eigenvalue weighted by Gasteiger charge is 2.22. The van der Waals surface area contributed by atoms with E-state index in [4.69, 9.17) is 4.42 Å². The maximum Gasteiger partial charge on any atom is 0.139 e. The number of nitrogens with zero attached hydrogens (tertiary/aromatic N) is 1. The first-order chi connectivity index (χ1) is 8.33. The van der Waals surface area contributed by atoms with Crippen molar-refractivity contribution in [1.82, 2.24) is 4.98 Å². The third kappa shape index (κ3) is 2.13. The zero-order chi connectivity index (χ0) is 11.7. The lowest BCUT2D eigenvalue weighted by Gasteiger charge is -2.11. The van der Waals surface area contributed by atoms with Crippen molar-refractivity contribution in [1.29, 1.82) is 0 Å². The summed E-state index contributed by atoms with van der Waals surface area (Å²) >= 11 is 0. The van der Waals surface area contributed by atoms with Crippen LogP contribution in [0.2, 0.25) is 0 Å². The Hall–Kier alpha value is -1.55. The molecule has 4 nitrogen and oxygen atoms in total. The summed E-state index contributed by atoms with van der Waals surface area (Å²) in [6, 6.07) is 3.79. The van der Waals surface area contributed by atoms with E-state index in [0.29, 0.717) is 5.92 Å². The number of hydrogen-bond donors (Lipinski definition) is 2. The summed E-state index contributed by atoms with van der Waals surface area (Å²) in [6.45, 7) is 0.869. The third-order valence-corrected chi connectivity index (χ3v) is 3.45. The van der Waals surface area contributed by atoms with E-state index in [1.807, 2.05) is 12.1 Å². The van der Waals surface area contributed by atoms with Crippen molar-refractivity contribution in [2.45, 2.75) is 25.4 Å². The molecule has 0 aromatic carbocycles. The number of nitrogens with one attached hydrogen (secondary N) is 1. The van der Waals surface area contributed by atoms with Crippen LogP contribution in [0.5, 0.6) is 0 Å². The zero-order valence-electron chi connectivity index (χ0n) is 9.60. The molecule has 0 bridgehead atoms. The highest BCUT2D eigenvalue weighted by atomic mass is 16.3. The van der Waals surface area contributed by atoms with Crippen molar-refractivity contribution < 1.29 is 9.52 Å². The number of fused-ring (bicyclic) bond motifs is 1. The molecule has 2 aromatic heterocycles. The predicted octanol–water partition coefficient (Wildman–Crippen LogP) is 2.40. The molecule has 4 heteroatoms. The number of aromatic nitrogens is 1. The van der Waals surface area contributed by atoms with Crippen molar-refractivity contribution >= 4 is 16.8 Å². The Morgan fingerprint density at radius 3 is 3.18 bits per heavy atom. The van der Waals surface area contributed by atoms with Gasteiger partial charge in [0.1, 0.15) is 11.4 Å². The minimum Gasteiger partial charge on any atom is -0.464 e. The van der Waals surface area contributed by atoms with Gasteiger partial charge in [-0.3, -0.25) is 0 Å². The van der Waals surface area contributed by atoms with Crippen LogP contribution in [0.3, 0.4) is 0 Å². The summed E-state index contributed by atoms with van der Waals surface area (Å²) in [7, 11) is 0. The maximum absolute atomic E-state index is 9.48. The molecule has 3 rings (SSSR count). The van der Waals surface area contributed by atoms with Crippen LogP contribution in [0.4, 0.5) is 5.82 Å². The normalized spacial score (nSPS) is 24.3. The van der Waals surface area contributed by atoms with Crippen LogP contribution >= 0.6 is 0 Å². The minimum absolute atomic E-state index is 0.112. The van der Waals surface area contributed by atoms with E-state index in [0.717, 1.165) is 42.6 Å². The van der Waals surface area contributed by atoms with E-state index in [2.05, 4.69) is 10.3 Å². The van der Waals surface area contributed by atoms with Crippen molar-refractivity contribution in [3.63, 3.8) is 0 Å². The number of hydrogen-bond acceptors (Lipinski definition) is 4. The fourth-order valence-electron chi connectivity index (χ4n) is 2.51. The van der Waals surface area contributed by atoms with Gasteiger partial charge in [-0.05, 0) is 37.3 Å². The first-order valence-corrected chi connectivity index (χ1v) is 6.07. The number of aliphatic hydroxyl groups is 1. The predicted molar refractivity (Wildman–Crippen MR) is 65.8 cm³/mol. The van der Waals surface area contributed by atoms with E-state index >= 15 is 0 Å². The molecule has 2 aromatic rings. The van der Waals surface area contributed by atoms with E-state index in [1.165, 1.54) is 0 Å². The van der Waals surface area contributed by atoms with Crippen molar-refractivity contribution in [3.8, 4) is 0 Å². The molecule has 1 fully saturated rings. The molecule has 0 saturated heterocycles. The van der Waals surface area contributed by atoms with Gasteiger partial charge in [0.15, 0.2) is 0 Å². The molecule has 1 aliphatic carbocycles. The molecule has 17 heavy (non-hydrogen) atoms. The number of aliphatic hydroxyl groups excluding tert-OH is 1. The van der Waals surface area contributed by atoms with Crippen LogP contribution < -0.4 is 5.32 Å². The summed E-state index contributed by atoms with van der Waals surface area (Å²) in [6.07, 6.45) is 6.23. The van der Waals surface area contributed by atoms with Gasteiger partial charge in [-0.2, -0.15) is 0 Å². The lowest BCUT2D eigenvalue weighted by Crippen LogP contribution is -2.13. The highest BCUT2D eigenvalue weighted by Crippen LogP contribution is 2.27. The summed E-state index contributed by atoms with van der Waals surface area (Å²) in [4.78, 5) is 4.33. The Morgan fingerprint density at radius 2 is 2.35 bits per heavy atom. The van der Waals surface area contributed by atoms with E-state index in [9.17, 15) is 5.11 Å². The molecule has 2 unspecified atom stereocenters. The second kappa shape index (κ2) is 4.37. The summed E-state index contributed by atoms with van der Waals surface area (Å²) in [5.74, 6) is 1.42. The second-order valence-electron chi connectivity index (χ2n) is 4.71. The van der Waals surface area contributed by atoms with Crippen LogP contribution in [0.15, 0.2) is 29.0 Å². The van der Waals surface area contributed by atoms with Crippen LogP contribution in [-0.4, -0.2) is 22.7 Å². The van der Waals surface area contributed by atoms with E-state index < -0.39 is 0 Å². The van der Waals surface area contributed by atoms with Gasteiger partial charge < -0.3 is 14.8 Å². The Morgan fingerprint density at radius 1 is 1.41 bits per heavy atom. The van der Waals surface area contributed by atoms with Crippen LogP contribution in [0, 0.1) is 5.92 Å². The topological polar surface area (TPSA) is 58.3 Å². The van der Waals surface area contributed by atoms with Crippen LogP contribution in [0.25, 0.3) is 11.0 Å². The largest absolute Gasteiger partial charge is 0.464 e. The molecule has 0 amide bonds. The highest BCUT2D eigenvalue weighted by molar-refractivity contribution is 5.87. The van der Waals surface area contributed by atoms with Gasteiger partial charge in [0.2, 0.25) is 0 Å². The first kappa shape index (κ1) is 10.6. The van der Waals surface area contributed by atoms with Gasteiger partial charge in [-0.1, -0.05) is 0 Å². The summed E-state index contributed by atoms with van der Waals surface area (Å²) in [5, 5.41) is 13.9. The Kier molecular flexibility index (Phi) is 2.73. The molecule has 1 aliphatic rings. The molecule has 2 atom stereocenters. The van der Waals surface area contributed by atoms with Crippen LogP contribution in [-0.2, 0) is 0 Å². The van der Waals surface area contributed by atoms with E-state index in [1.54, 1.807) is 12.5 Å². The van der Waals surface area contributed by atoms with Gasteiger partial charge in [0.25, 0.3) is 0 Å². The Labute approximate surface area is 99.7 Å². The average Bonchev–Trinajstić information content (AvgIpc) is 2.94. The minimum atomic E-state index is -0.112. The van der Waals surface area contributed by atoms with Gasteiger partial charge in [0.05, 0.1) is 17.8 Å². The molecule has 0 aliphatic heterocycles. The SMILES string of the molecule is OC1CCC(CNc2nccc3occc23)C1. The molecule has 0 spiro atoms. The maximum atomic E-state index is 9.48. The lowest BCUT2D eigenvalue weighted by atomic mass is 10.1. The molecule has 1 saturated carbocycles. The molecular formula is C13H16N2O2. The summed E-state index contributed by atoms with van der Waals surface area (Å²) < 4.78 is 5.33. The number of rotatable bonds is 3. The van der Waals surface area contributed by atoms with Gasteiger partial charge in [0, 0.05) is 12.7 Å². The van der Waals surface area contributed by atoms with Crippen LogP contribution in [0.1, 0.15) is 19.3 Å². The fourth-order valence-corrected chi connectivity index (χ4v) is 2.51. The standard InChI is InChI=1S/C13H16N2O2/c16-10-2-1-9(7-10)8-15-13-11-4-6-17-12(11)3-5-14-13/h3-6,9-10,16H,1-2,7-8H2,(H,14,15). The van der Waals surface area contributed by atoms with Gasteiger partial charge >= 0.3 is 0 Å². The Bertz CT molecular complexity index is 509. The molecular weight excluding hydrogens is 216 g/mol. The van der Waals surface area contributed by atoms with E-state index in [-0.39, 0.29) is 6.10 Å². The van der Waals surface area contributed by atoms with Gasteiger partial charge in [-0.15, -0.1) is 0 Å². The average molecular weight is 232 g/mol. The number of furan rings is 1. The van der Waals surface area contributed by atoms with Crippen molar-refractivity contribution in [2.75, 3.05) is 11.9 Å². The summed E-state index contributed by atoms with van der Waals surface area (Å²) in [5.41, 5.74) is 0.856. The monoisotopic (exact) mass is 232 g/mol. The second-order valence-corrected chi connectivity index (χ2v) is 4.71. The molecule has 2 N–H and O–H groups in total. The van der Waals surface area contributed by atoms with Gasteiger partial charge in [-0.25, -0.2) is 4.98 Å². The zero-order valence-corrected chi connectivity index (χ0v) is 9.60. The first-order valence-electron chi connectivity index (χ1n) is 6.07. The quantitative estimate of drug-likeness (QED) is 0.853. The fraction of sp³-hybridized carbons (Fsp3) is 0.462. The molecule has 2 heterocycles. The third-order valence-electron chi connectivity index (χ3n) is 3.45. The van der Waals surface area contributed by atoms with Crippen molar-refractivity contribution in [2.24, 2.45) is 5.92 Å².